The third-order valence-corrected chi connectivity index (χ3v) is 3.31. The van der Waals surface area contributed by atoms with Gasteiger partial charge >= 0.3 is 0 Å². The van der Waals surface area contributed by atoms with Crippen LogP contribution < -0.4 is 5.32 Å². The molecular weight excluding hydrogens is 228 g/mol. The summed E-state index contributed by atoms with van der Waals surface area (Å²) in [5.74, 6) is 0.136. The number of nitrogens with one attached hydrogen (secondary N) is 1. The lowest BCUT2D eigenvalue weighted by atomic mass is 10.1. The maximum atomic E-state index is 11.9. The Labute approximate surface area is 108 Å². The quantitative estimate of drug-likeness (QED) is 0.883. The second-order valence-corrected chi connectivity index (χ2v) is 4.65. The first-order valence-corrected chi connectivity index (χ1v) is 6.33. The van der Waals surface area contributed by atoms with Crippen molar-refractivity contribution in [3.63, 3.8) is 0 Å². The van der Waals surface area contributed by atoms with Gasteiger partial charge in [0.2, 0.25) is 5.91 Å². The molecule has 1 fully saturated rings. The highest BCUT2D eigenvalue weighted by Gasteiger charge is 2.16. The van der Waals surface area contributed by atoms with Crippen molar-refractivity contribution in [3.05, 3.63) is 29.3 Å². The van der Waals surface area contributed by atoms with Crippen LogP contribution in [0, 0.1) is 13.8 Å². The fourth-order valence-electron chi connectivity index (χ4n) is 1.95. The van der Waals surface area contributed by atoms with Crippen LogP contribution in [0.15, 0.2) is 18.2 Å². The third kappa shape index (κ3) is 3.23. The van der Waals surface area contributed by atoms with Gasteiger partial charge in [-0.1, -0.05) is 6.07 Å². The largest absolute Gasteiger partial charge is 0.378 e. The van der Waals surface area contributed by atoms with Crippen molar-refractivity contribution < 1.29 is 9.53 Å². The first-order valence-electron chi connectivity index (χ1n) is 6.33. The van der Waals surface area contributed by atoms with Crippen LogP contribution in [0.5, 0.6) is 0 Å². The molecule has 2 rings (SSSR count). The van der Waals surface area contributed by atoms with Gasteiger partial charge in [0.1, 0.15) is 0 Å². The van der Waals surface area contributed by atoms with E-state index >= 15 is 0 Å². The first-order chi connectivity index (χ1) is 8.66. The zero-order valence-corrected chi connectivity index (χ0v) is 11.0. The zero-order chi connectivity index (χ0) is 13.0. The predicted molar refractivity (Wildman–Crippen MR) is 71.8 cm³/mol. The fraction of sp³-hybridized carbons (Fsp3) is 0.500. The lowest BCUT2D eigenvalue weighted by molar-refractivity contribution is -0.133. The van der Waals surface area contributed by atoms with E-state index in [-0.39, 0.29) is 5.91 Å². The molecule has 0 unspecified atom stereocenters. The zero-order valence-electron chi connectivity index (χ0n) is 11.0. The molecule has 1 aliphatic rings. The molecule has 0 aromatic heterocycles. The van der Waals surface area contributed by atoms with Crippen LogP contribution in [0.25, 0.3) is 0 Å². The summed E-state index contributed by atoms with van der Waals surface area (Å²) in [7, 11) is 0. The van der Waals surface area contributed by atoms with Gasteiger partial charge in [0, 0.05) is 18.8 Å². The van der Waals surface area contributed by atoms with Crippen LogP contribution in [0.4, 0.5) is 5.69 Å². The summed E-state index contributed by atoms with van der Waals surface area (Å²) < 4.78 is 5.23. The summed E-state index contributed by atoms with van der Waals surface area (Å²) in [6, 6.07) is 6.15. The molecule has 0 spiro atoms. The summed E-state index contributed by atoms with van der Waals surface area (Å²) in [5, 5.41) is 3.18. The van der Waals surface area contributed by atoms with E-state index in [0.29, 0.717) is 32.8 Å². The number of carbonyl (C=O) groups excluding carboxylic acids is 1. The van der Waals surface area contributed by atoms with Gasteiger partial charge in [-0.3, -0.25) is 4.79 Å². The van der Waals surface area contributed by atoms with Gasteiger partial charge in [0.05, 0.1) is 19.8 Å². The Kier molecular flexibility index (Phi) is 4.20. The van der Waals surface area contributed by atoms with Crippen LogP contribution in [-0.2, 0) is 9.53 Å². The smallest absolute Gasteiger partial charge is 0.242 e. The van der Waals surface area contributed by atoms with E-state index in [9.17, 15) is 4.79 Å². The number of anilines is 1. The Morgan fingerprint density at radius 2 is 2.00 bits per heavy atom. The van der Waals surface area contributed by atoms with Crippen LogP contribution >= 0.6 is 0 Å². The molecule has 0 aliphatic carbocycles. The monoisotopic (exact) mass is 248 g/mol. The third-order valence-electron chi connectivity index (χ3n) is 3.31. The average molecular weight is 248 g/mol. The normalized spacial score (nSPS) is 15.6. The lowest BCUT2D eigenvalue weighted by Crippen LogP contribution is -2.43. The van der Waals surface area contributed by atoms with Gasteiger partial charge in [-0.2, -0.15) is 0 Å². The maximum absolute atomic E-state index is 11.9. The van der Waals surface area contributed by atoms with Gasteiger partial charge in [0.25, 0.3) is 0 Å². The molecule has 1 saturated heterocycles. The second kappa shape index (κ2) is 5.87. The summed E-state index contributed by atoms with van der Waals surface area (Å²) in [5.41, 5.74) is 3.50. The molecule has 0 radical (unpaired) electrons. The number of amides is 1. The summed E-state index contributed by atoms with van der Waals surface area (Å²) in [4.78, 5) is 13.8. The van der Waals surface area contributed by atoms with Crippen molar-refractivity contribution in [3.8, 4) is 0 Å². The minimum absolute atomic E-state index is 0.136. The highest BCUT2D eigenvalue weighted by Crippen LogP contribution is 2.13. The van der Waals surface area contributed by atoms with Gasteiger partial charge in [0.15, 0.2) is 0 Å². The highest BCUT2D eigenvalue weighted by atomic mass is 16.5. The summed E-state index contributed by atoms with van der Waals surface area (Å²) >= 11 is 0. The van der Waals surface area contributed by atoms with Crippen molar-refractivity contribution >= 4 is 11.6 Å². The van der Waals surface area contributed by atoms with Crippen molar-refractivity contribution in [1.82, 2.24) is 4.90 Å². The molecule has 1 aromatic rings. The Balaban J connectivity index is 1.86. The number of nitrogens with zero attached hydrogens (tertiary/aromatic N) is 1. The molecule has 18 heavy (non-hydrogen) atoms. The fourth-order valence-corrected chi connectivity index (χ4v) is 1.95. The minimum Gasteiger partial charge on any atom is -0.378 e. The first kappa shape index (κ1) is 12.9. The Morgan fingerprint density at radius 3 is 2.67 bits per heavy atom. The lowest BCUT2D eigenvalue weighted by Gasteiger charge is -2.27. The number of morpholine rings is 1. The molecule has 1 amide bonds. The summed E-state index contributed by atoms with van der Waals surface area (Å²) in [6.07, 6.45) is 0. The topological polar surface area (TPSA) is 41.6 Å². The summed E-state index contributed by atoms with van der Waals surface area (Å²) in [6.45, 7) is 7.20. The van der Waals surface area contributed by atoms with Gasteiger partial charge in [-0.25, -0.2) is 0 Å². The van der Waals surface area contributed by atoms with E-state index in [1.165, 1.54) is 11.1 Å². The molecule has 1 N–H and O–H groups in total. The molecule has 98 valence electrons. The number of hydrogen-bond acceptors (Lipinski definition) is 3. The minimum atomic E-state index is 0.136. The van der Waals surface area contributed by atoms with E-state index in [0.717, 1.165) is 5.69 Å². The molecule has 4 nitrogen and oxygen atoms in total. The number of ether oxygens (including phenoxy) is 1. The SMILES string of the molecule is Cc1ccc(NCC(=O)N2CCOCC2)cc1C. The van der Waals surface area contributed by atoms with Crippen LogP contribution in [0.2, 0.25) is 0 Å². The Morgan fingerprint density at radius 1 is 1.28 bits per heavy atom. The predicted octanol–water partition coefficient (Wildman–Crippen LogP) is 1.57. The van der Waals surface area contributed by atoms with Crippen molar-refractivity contribution in [1.29, 1.82) is 0 Å². The van der Waals surface area contributed by atoms with Gasteiger partial charge in [-0.05, 0) is 37.1 Å². The van der Waals surface area contributed by atoms with Gasteiger partial charge < -0.3 is 15.0 Å². The molecular formula is C14H20N2O2. The Hall–Kier alpha value is -1.55. The van der Waals surface area contributed by atoms with Crippen LogP contribution in [0.1, 0.15) is 11.1 Å². The molecule has 1 aliphatic heterocycles. The molecule has 0 saturated carbocycles. The molecule has 0 bridgehead atoms. The number of rotatable bonds is 3. The number of carbonyl (C=O) groups is 1. The molecule has 4 heteroatoms. The van der Waals surface area contributed by atoms with E-state index in [1.54, 1.807) is 0 Å². The van der Waals surface area contributed by atoms with Crippen molar-refractivity contribution in [2.75, 3.05) is 38.2 Å². The van der Waals surface area contributed by atoms with E-state index in [2.05, 4.69) is 31.3 Å². The molecule has 0 atom stereocenters. The molecule has 1 aromatic carbocycles. The van der Waals surface area contributed by atoms with Crippen molar-refractivity contribution in [2.24, 2.45) is 0 Å². The Bertz CT molecular complexity index is 426. The van der Waals surface area contributed by atoms with Gasteiger partial charge in [-0.15, -0.1) is 0 Å². The number of benzene rings is 1. The van der Waals surface area contributed by atoms with Crippen LogP contribution in [-0.4, -0.2) is 43.7 Å². The van der Waals surface area contributed by atoms with Crippen LogP contribution in [0.3, 0.4) is 0 Å². The average Bonchev–Trinajstić information content (AvgIpc) is 2.41. The second-order valence-electron chi connectivity index (χ2n) is 4.65. The van der Waals surface area contributed by atoms with E-state index in [1.807, 2.05) is 11.0 Å². The molecule has 1 heterocycles. The standard InChI is InChI=1S/C14H20N2O2/c1-11-3-4-13(9-12(11)2)15-10-14(17)16-5-7-18-8-6-16/h3-4,9,15H,5-8,10H2,1-2H3. The number of hydrogen-bond donors (Lipinski definition) is 1. The van der Waals surface area contributed by atoms with E-state index < -0.39 is 0 Å². The van der Waals surface area contributed by atoms with Crippen molar-refractivity contribution in [2.45, 2.75) is 13.8 Å². The highest BCUT2D eigenvalue weighted by molar-refractivity contribution is 5.81. The van der Waals surface area contributed by atoms with E-state index in [4.69, 9.17) is 4.74 Å². The number of aryl methyl sites for hydroxylation is 2. The maximum Gasteiger partial charge on any atom is 0.242 e.